The van der Waals surface area contributed by atoms with E-state index in [1.807, 2.05) is 0 Å². The van der Waals surface area contributed by atoms with Crippen LogP contribution >= 0.6 is 12.2 Å². The molecule has 1 aromatic rings. The zero-order valence-electron chi connectivity index (χ0n) is 14.9. The first-order valence-electron chi connectivity index (χ1n) is 8.56. The summed E-state index contributed by atoms with van der Waals surface area (Å²) in [5, 5.41) is 2.27. The van der Waals surface area contributed by atoms with Crippen molar-refractivity contribution in [2.75, 3.05) is 47.5 Å². The number of hydrogen-bond acceptors (Lipinski definition) is 6. The number of rotatable bonds is 5. The van der Waals surface area contributed by atoms with Gasteiger partial charge in [-0.15, -0.1) is 0 Å². The molecule has 0 unspecified atom stereocenters. The zero-order valence-corrected chi connectivity index (χ0v) is 16.5. The summed E-state index contributed by atoms with van der Waals surface area (Å²) in [5.74, 6) is -2.32. The average Bonchev–Trinajstić information content (AvgIpc) is 3.01. The van der Waals surface area contributed by atoms with Crippen molar-refractivity contribution in [3.63, 3.8) is 0 Å². The van der Waals surface area contributed by atoms with E-state index in [1.165, 1.54) is 4.90 Å². The molecule has 0 bridgehead atoms. The lowest BCUT2D eigenvalue weighted by Crippen LogP contribution is -2.41. The van der Waals surface area contributed by atoms with Gasteiger partial charge in [-0.2, -0.15) is 0 Å². The largest absolute Gasteiger partial charge is 0.442 e. The van der Waals surface area contributed by atoms with Crippen LogP contribution < -0.4 is 15.1 Å². The van der Waals surface area contributed by atoms with Crippen molar-refractivity contribution in [3.05, 3.63) is 23.8 Å². The number of thiocarbonyl (C=S) groups is 1. The number of hydrogen-bond donors (Lipinski definition) is 1. The molecule has 2 heterocycles. The smallest absolute Gasteiger partial charge is 0.414 e. The molecule has 1 aromatic carbocycles. The van der Waals surface area contributed by atoms with Crippen molar-refractivity contribution >= 4 is 44.5 Å². The summed E-state index contributed by atoms with van der Waals surface area (Å²) in [6, 6.07) is 1.89. The van der Waals surface area contributed by atoms with E-state index in [0.29, 0.717) is 0 Å². The highest BCUT2D eigenvalue weighted by Gasteiger charge is 2.34. The van der Waals surface area contributed by atoms with Crippen LogP contribution in [0.2, 0.25) is 0 Å². The van der Waals surface area contributed by atoms with Crippen molar-refractivity contribution in [2.45, 2.75) is 12.5 Å². The van der Waals surface area contributed by atoms with Crippen molar-refractivity contribution in [2.24, 2.45) is 0 Å². The van der Waals surface area contributed by atoms with E-state index in [9.17, 15) is 30.8 Å². The van der Waals surface area contributed by atoms with Crippen molar-refractivity contribution in [1.29, 1.82) is 0 Å². The van der Waals surface area contributed by atoms with Crippen LogP contribution in [-0.4, -0.2) is 69.7 Å². The van der Waals surface area contributed by atoms with Gasteiger partial charge >= 0.3 is 6.09 Å². The number of alkyl halides is 2. The highest BCUT2D eigenvalue weighted by Crippen LogP contribution is 2.31. The minimum absolute atomic E-state index is 0.0426. The first-order valence-corrected chi connectivity index (χ1v) is 10.8. The van der Waals surface area contributed by atoms with Crippen LogP contribution in [0.25, 0.3) is 0 Å². The number of ether oxygens (including phenoxy) is 1. The maximum Gasteiger partial charge on any atom is 0.414 e. The van der Waals surface area contributed by atoms with E-state index in [0.717, 1.165) is 17.0 Å². The van der Waals surface area contributed by atoms with Crippen LogP contribution in [0.5, 0.6) is 0 Å². The Morgan fingerprint density at radius 2 is 1.83 bits per heavy atom. The molecule has 0 spiro atoms. The van der Waals surface area contributed by atoms with Gasteiger partial charge in [0.05, 0.1) is 30.3 Å². The van der Waals surface area contributed by atoms with Crippen LogP contribution in [0.1, 0.15) is 0 Å². The van der Waals surface area contributed by atoms with Gasteiger partial charge in [-0.3, -0.25) is 4.90 Å². The number of carbonyl (C=O) groups excluding carboxylic acids is 1. The number of cyclic esters (lactones) is 1. The van der Waals surface area contributed by atoms with Gasteiger partial charge in [0.15, 0.2) is 21.5 Å². The van der Waals surface area contributed by atoms with E-state index in [4.69, 9.17) is 4.74 Å². The molecule has 160 valence electrons. The lowest BCUT2D eigenvalue weighted by Gasteiger charge is -2.29. The van der Waals surface area contributed by atoms with E-state index in [-0.39, 0.29) is 49.1 Å². The number of nitrogens with one attached hydrogen (secondary N) is 1. The number of benzene rings is 1. The fraction of sp³-hybridized carbons (Fsp3) is 0.500. The molecule has 1 amide bonds. The summed E-state index contributed by atoms with van der Waals surface area (Å²) >= 11 is 4.43. The van der Waals surface area contributed by atoms with Crippen LogP contribution in [-0.2, 0) is 14.6 Å². The van der Waals surface area contributed by atoms with Gasteiger partial charge in [0.1, 0.15) is 16.8 Å². The molecule has 2 aliphatic rings. The topological polar surface area (TPSA) is 79.0 Å². The fourth-order valence-corrected chi connectivity index (χ4v) is 4.36. The van der Waals surface area contributed by atoms with Gasteiger partial charge in [-0.05, 0) is 0 Å². The second-order valence-electron chi connectivity index (χ2n) is 6.56. The second kappa shape index (κ2) is 8.30. The first kappa shape index (κ1) is 21.6. The molecule has 1 N–H and O–H groups in total. The number of nitrogens with zero attached hydrogens (tertiary/aromatic N) is 2. The molecular weight excluding hydrogens is 438 g/mol. The molecule has 3 rings (SSSR count). The molecule has 2 saturated heterocycles. The third-order valence-corrected chi connectivity index (χ3v) is 6.48. The Morgan fingerprint density at radius 3 is 2.38 bits per heavy atom. The Bertz CT molecular complexity index is 892. The molecule has 0 aliphatic carbocycles. The standard InChI is InChI=1S/C16H17F4N3O4S2/c17-11-5-9(6-12(18)13(11)22-1-3-29(25,26)4-2-22)23-8-10(27-16(23)24)7-21-15(28)14(19)20/h5-6,10,14H,1-4,7-8H2,(H,21,28)/t10-/m0/s1. The van der Waals surface area contributed by atoms with Crippen LogP contribution in [0.3, 0.4) is 0 Å². The van der Waals surface area contributed by atoms with E-state index in [1.54, 1.807) is 0 Å². The summed E-state index contributed by atoms with van der Waals surface area (Å²) in [6.07, 6.45) is -4.56. The Hall–Kier alpha value is -2.15. The van der Waals surface area contributed by atoms with Crippen LogP contribution in [0.15, 0.2) is 12.1 Å². The molecule has 29 heavy (non-hydrogen) atoms. The van der Waals surface area contributed by atoms with Crippen molar-refractivity contribution < 1.29 is 35.5 Å². The summed E-state index contributed by atoms with van der Waals surface area (Å²) < 4.78 is 82.0. The summed E-state index contributed by atoms with van der Waals surface area (Å²) in [5.41, 5.74) is -0.464. The van der Waals surface area contributed by atoms with E-state index in [2.05, 4.69) is 17.5 Å². The lowest BCUT2D eigenvalue weighted by atomic mass is 10.2. The highest BCUT2D eigenvalue weighted by molar-refractivity contribution is 7.91. The number of sulfone groups is 1. The third kappa shape index (κ3) is 4.89. The number of halogens is 4. The SMILES string of the molecule is O=C1O[C@@H](CNC(=S)C(F)F)CN1c1cc(F)c(N2CCS(=O)(=O)CC2)c(F)c1. The first-order chi connectivity index (χ1) is 13.6. The summed E-state index contributed by atoms with van der Waals surface area (Å²) in [7, 11) is -3.22. The molecule has 2 fully saturated rings. The molecular formula is C16H17F4N3O4S2. The lowest BCUT2D eigenvalue weighted by molar-refractivity contribution is 0.142. The molecule has 7 nitrogen and oxygen atoms in total. The molecule has 0 aromatic heterocycles. The molecule has 0 saturated carbocycles. The Kier molecular flexibility index (Phi) is 6.17. The van der Waals surface area contributed by atoms with Gasteiger partial charge in [-0.25, -0.2) is 30.8 Å². The minimum atomic E-state index is -3.22. The van der Waals surface area contributed by atoms with Crippen molar-refractivity contribution in [3.8, 4) is 0 Å². The average molecular weight is 455 g/mol. The summed E-state index contributed by atoms with van der Waals surface area (Å²) in [6.45, 7) is -0.368. The van der Waals surface area contributed by atoms with Crippen LogP contribution in [0.4, 0.5) is 33.7 Å². The minimum Gasteiger partial charge on any atom is -0.442 e. The predicted molar refractivity (Wildman–Crippen MR) is 101 cm³/mol. The molecule has 0 radical (unpaired) electrons. The predicted octanol–water partition coefficient (Wildman–Crippen LogP) is 1.71. The Balaban J connectivity index is 1.72. The number of amides is 1. The number of anilines is 2. The Labute approximate surface area is 169 Å². The van der Waals surface area contributed by atoms with E-state index < -0.39 is 45.1 Å². The molecule has 2 aliphatic heterocycles. The fourth-order valence-electron chi connectivity index (χ4n) is 3.08. The number of carbonyl (C=O) groups is 1. The van der Waals surface area contributed by atoms with Gasteiger partial charge < -0.3 is 15.0 Å². The third-order valence-electron chi connectivity index (χ3n) is 4.55. The van der Waals surface area contributed by atoms with Crippen LogP contribution in [0, 0.1) is 11.6 Å². The van der Waals surface area contributed by atoms with Gasteiger partial charge in [0.2, 0.25) is 0 Å². The second-order valence-corrected chi connectivity index (χ2v) is 9.30. The summed E-state index contributed by atoms with van der Waals surface area (Å²) in [4.78, 5) is 13.6. The quantitative estimate of drug-likeness (QED) is 0.535. The molecule has 1 atom stereocenters. The Morgan fingerprint density at radius 1 is 1.24 bits per heavy atom. The monoisotopic (exact) mass is 455 g/mol. The highest BCUT2D eigenvalue weighted by atomic mass is 32.2. The van der Waals surface area contributed by atoms with Gasteiger partial charge in [0, 0.05) is 25.2 Å². The molecule has 13 heteroatoms. The normalized spacial score (nSPS) is 21.4. The van der Waals surface area contributed by atoms with Crippen molar-refractivity contribution in [1.82, 2.24) is 5.32 Å². The zero-order chi connectivity index (χ0) is 21.3. The van der Waals surface area contributed by atoms with E-state index >= 15 is 0 Å². The maximum absolute atomic E-state index is 14.6. The maximum atomic E-state index is 14.6. The van der Waals surface area contributed by atoms with Gasteiger partial charge in [-0.1, -0.05) is 12.2 Å². The van der Waals surface area contributed by atoms with Gasteiger partial charge in [0.25, 0.3) is 6.43 Å².